The fourth-order valence-electron chi connectivity index (χ4n) is 0.508. The zero-order chi connectivity index (χ0) is 10.1. The molecule has 0 spiro atoms. The molecule has 0 aromatic heterocycles. The number of esters is 2. The number of carbonyl (C=O) groups excluding carboxylic acids is 2. The standard InChI is InChI=1S/C7H10I2O4/c8-4-6(10)12-2-1-3-13-7(11)5-9/h1-5H2. The summed E-state index contributed by atoms with van der Waals surface area (Å²) in [5, 5.41) is 0. The smallest absolute Gasteiger partial charge is 0.315 e. The van der Waals surface area contributed by atoms with Gasteiger partial charge in [0.25, 0.3) is 0 Å². The second kappa shape index (κ2) is 8.97. The Bertz CT molecular complexity index is 154. The van der Waals surface area contributed by atoms with E-state index in [1.54, 1.807) is 0 Å². The molecule has 0 radical (unpaired) electrons. The lowest BCUT2D eigenvalue weighted by Crippen LogP contribution is -2.11. The first-order chi connectivity index (χ1) is 6.20. The SMILES string of the molecule is O=C(CI)OCCCOC(=O)CI. The minimum Gasteiger partial charge on any atom is -0.465 e. The maximum atomic E-state index is 10.6. The maximum Gasteiger partial charge on any atom is 0.315 e. The highest BCUT2D eigenvalue weighted by Crippen LogP contribution is 1.91. The van der Waals surface area contributed by atoms with Crippen molar-refractivity contribution in [3.8, 4) is 0 Å². The molecular weight excluding hydrogens is 402 g/mol. The fraction of sp³-hybridized carbons (Fsp3) is 0.714. The Morgan fingerprint density at radius 3 is 1.62 bits per heavy atom. The van der Waals surface area contributed by atoms with Crippen LogP contribution in [0.5, 0.6) is 0 Å². The summed E-state index contributed by atoms with van der Waals surface area (Å²) in [5.74, 6) is -0.471. The highest BCUT2D eigenvalue weighted by atomic mass is 127. The van der Waals surface area contributed by atoms with Crippen molar-refractivity contribution in [1.29, 1.82) is 0 Å². The van der Waals surface area contributed by atoms with Crippen molar-refractivity contribution in [2.45, 2.75) is 6.42 Å². The molecule has 0 saturated carbocycles. The molecule has 0 aliphatic carbocycles. The van der Waals surface area contributed by atoms with E-state index in [1.807, 2.05) is 45.2 Å². The maximum absolute atomic E-state index is 10.6. The molecule has 0 heterocycles. The zero-order valence-electron chi connectivity index (χ0n) is 6.92. The number of halogens is 2. The summed E-state index contributed by atoms with van der Waals surface area (Å²) in [6.45, 7) is 0.632. The van der Waals surface area contributed by atoms with Gasteiger partial charge in [-0.1, -0.05) is 45.2 Å². The quantitative estimate of drug-likeness (QED) is 0.286. The molecule has 0 aromatic carbocycles. The van der Waals surface area contributed by atoms with Crippen molar-refractivity contribution >= 4 is 57.1 Å². The molecule has 4 nitrogen and oxygen atoms in total. The van der Waals surface area contributed by atoms with Gasteiger partial charge in [-0.25, -0.2) is 0 Å². The van der Waals surface area contributed by atoms with Gasteiger partial charge in [0.2, 0.25) is 0 Å². The van der Waals surface area contributed by atoms with Crippen LogP contribution >= 0.6 is 45.2 Å². The second-order valence-electron chi connectivity index (χ2n) is 2.06. The fourth-order valence-corrected chi connectivity index (χ4v) is 0.948. The van der Waals surface area contributed by atoms with E-state index in [1.165, 1.54) is 0 Å². The van der Waals surface area contributed by atoms with E-state index >= 15 is 0 Å². The van der Waals surface area contributed by atoms with Crippen molar-refractivity contribution in [1.82, 2.24) is 0 Å². The Morgan fingerprint density at radius 1 is 0.923 bits per heavy atom. The molecule has 0 atom stereocenters. The van der Waals surface area contributed by atoms with Crippen LogP contribution in [0, 0.1) is 0 Å². The third kappa shape index (κ3) is 8.72. The summed E-state index contributed by atoms with van der Waals surface area (Å²) >= 11 is 3.86. The van der Waals surface area contributed by atoms with Crippen LogP contribution in [0.2, 0.25) is 0 Å². The molecule has 6 heteroatoms. The molecule has 13 heavy (non-hydrogen) atoms. The van der Waals surface area contributed by atoms with Gasteiger partial charge in [0.1, 0.15) is 0 Å². The van der Waals surface area contributed by atoms with Crippen LogP contribution in [-0.4, -0.2) is 34.0 Å². The molecular formula is C7H10I2O4. The number of ether oxygens (including phenoxy) is 2. The van der Waals surface area contributed by atoms with Gasteiger partial charge in [-0.3, -0.25) is 9.59 Å². The van der Waals surface area contributed by atoms with Crippen LogP contribution in [0.15, 0.2) is 0 Å². The van der Waals surface area contributed by atoms with E-state index in [0.717, 1.165) is 0 Å². The number of alkyl halides is 2. The lowest BCUT2D eigenvalue weighted by atomic mass is 10.5. The largest absolute Gasteiger partial charge is 0.465 e. The van der Waals surface area contributed by atoms with Crippen molar-refractivity contribution < 1.29 is 19.1 Å². The van der Waals surface area contributed by atoms with E-state index in [0.29, 0.717) is 28.5 Å². The van der Waals surface area contributed by atoms with Gasteiger partial charge in [-0.15, -0.1) is 0 Å². The first-order valence-electron chi connectivity index (χ1n) is 3.64. The topological polar surface area (TPSA) is 52.6 Å². The Kier molecular flexibility index (Phi) is 9.25. The van der Waals surface area contributed by atoms with Gasteiger partial charge in [-0.05, 0) is 0 Å². The van der Waals surface area contributed by atoms with Crippen molar-refractivity contribution in [3.63, 3.8) is 0 Å². The zero-order valence-corrected chi connectivity index (χ0v) is 11.2. The van der Waals surface area contributed by atoms with Gasteiger partial charge in [-0.2, -0.15) is 0 Å². The Balaban J connectivity index is 3.17. The van der Waals surface area contributed by atoms with Gasteiger partial charge in [0.05, 0.1) is 22.1 Å². The molecule has 0 saturated heterocycles. The average molecular weight is 412 g/mol. The van der Waals surface area contributed by atoms with Crippen LogP contribution in [0.25, 0.3) is 0 Å². The van der Waals surface area contributed by atoms with Crippen molar-refractivity contribution in [3.05, 3.63) is 0 Å². The summed E-state index contributed by atoms with van der Waals surface area (Å²) in [6.07, 6.45) is 0.560. The number of rotatable bonds is 6. The van der Waals surface area contributed by atoms with Gasteiger partial charge < -0.3 is 9.47 Å². The molecule has 0 unspecified atom stereocenters. The van der Waals surface area contributed by atoms with Crippen LogP contribution in [0.3, 0.4) is 0 Å². The third-order valence-corrected chi connectivity index (χ3v) is 2.28. The molecule has 0 N–H and O–H groups in total. The molecule has 76 valence electrons. The van der Waals surface area contributed by atoms with E-state index in [2.05, 4.69) is 0 Å². The first-order valence-corrected chi connectivity index (χ1v) is 6.69. The number of hydrogen-bond acceptors (Lipinski definition) is 4. The highest BCUT2D eigenvalue weighted by Gasteiger charge is 2.00. The minimum absolute atomic E-state index is 0.235. The monoisotopic (exact) mass is 412 g/mol. The number of carbonyl (C=O) groups is 2. The predicted octanol–water partition coefficient (Wildman–Crippen LogP) is 1.33. The van der Waals surface area contributed by atoms with Gasteiger partial charge >= 0.3 is 11.9 Å². The van der Waals surface area contributed by atoms with Crippen LogP contribution in [0.1, 0.15) is 6.42 Å². The molecule has 0 aliphatic heterocycles. The van der Waals surface area contributed by atoms with Crippen LogP contribution in [-0.2, 0) is 19.1 Å². The predicted molar refractivity (Wildman–Crippen MR) is 64.3 cm³/mol. The lowest BCUT2D eigenvalue weighted by Gasteiger charge is -2.03. The molecule has 0 bridgehead atoms. The van der Waals surface area contributed by atoms with E-state index in [9.17, 15) is 9.59 Å². The van der Waals surface area contributed by atoms with Crippen molar-refractivity contribution in [2.24, 2.45) is 0 Å². The minimum atomic E-state index is -0.235. The summed E-state index contributed by atoms with van der Waals surface area (Å²) in [6, 6.07) is 0. The summed E-state index contributed by atoms with van der Waals surface area (Å²) in [5.41, 5.74) is 0. The Labute approximate surface area is 104 Å². The van der Waals surface area contributed by atoms with Crippen LogP contribution < -0.4 is 0 Å². The molecule has 0 amide bonds. The average Bonchev–Trinajstić information content (AvgIpc) is 2.16. The summed E-state index contributed by atoms with van der Waals surface area (Å²) in [7, 11) is 0. The van der Waals surface area contributed by atoms with E-state index in [4.69, 9.17) is 9.47 Å². The third-order valence-electron chi connectivity index (χ3n) is 1.03. The molecule has 0 aromatic rings. The second-order valence-corrected chi connectivity index (χ2v) is 3.59. The molecule has 0 fully saturated rings. The number of hydrogen-bond donors (Lipinski definition) is 0. The highest BCUT2D eigenvalue weighted by molar-refractivity contribution is 14.1. The summed E-state index contributed by atoms with van der Waals surface area (Å²) in [4.78, 5) is 21.3. The van der Waals surface area contributed by atoms with Gasteiger partial charge in [0, 0.05) is 6.42 Å². The Hall–Kier alpha value is 0.400. The van der Waals surface area contributed by atoms with E-state index < -0.39 is 0 Å². The van der Waals surface area contributed by atoms with Gasteiger partial charge in [0.15, 0.2) is 0 Å². The van der Waals surface area contributed by atoms with Crippen molar-refractivity contribution in [2.75, 3.05) is 22.1 Å². The lowest BCUT2D eigenvalue weighted by molar-refractivity contribution is -0.142. The Morgan fingerprint density at radius 2 is 1.31 bits per heavy atom. The normalized spacial score (nSPS) is 9.38. The van der Waals surface area contributed by atoms with Crippen LogP contribution in [0.4, 0.5) is 0 Å². The first kappa shape index (κ1) is 13.4. The van der Waals surface area contributed by atoms with E-state index in [-0.39, 0.29) is 11.9 Å². The summed E-state index contributed by atoms with van der Waals surface area (Å²) < 4.78 is 10.2. The molecule has 0 aliphatic rings. The molecule has 0 rings (SSSR count).